The van der Waals surface area contributed by atoms with Crippen LogP contribution in [0.2, 0.25) is 5.02 Å². The summed E-state index contributed by atoms with van der Waals surface area (Å²) in [6, 6.07) is 19.5. The van der Waals surface area contributed by atoms with E-state index in [1.54, 1.807) is 26.4 Å². The Morgan fingerprint density at radius 3 is 2.32 bits per heavy atom. The number of aliphatic carboxylic acids is 1. The Morgan fingerprint density at radius 2 is 1.68 bits per heavy atom. The number of nitrogens with zero attached hydrogens (tertiary/aromatic N) is 4. The molecule has 3 aromatic carbocycles. The van der Waals surface area contributed by atoms with Crippen LogP contribution in [-0.4, -0.2) is 45.8 Å². The average molecular weight is 517 g/mol. The van der Waals surface area contributed by atoms with E-state index in [0.717, 1.165) is 22.4 Å². The lowest BCUT2D eigenvalue weighted by Gasteiger charge is -2.20. The van der Waals surface area contributed by atoms with Gasteiger partial charge in [0, 0.05) is 16.1 Å². The smallest absolute Gasteiger partial charge is 0.309 e. The van der Waals surface area contributed by atoms with Crippen LogP contribution in [-0.2, 0) is 11.2 Å². The second-order valence-electron chi connectivity index (χ2n) is 8.75. The molecule has 188 valence electrons. The first-order valence-corrected chi connectivity index (χ1v) is 12.1. The summed E-state index contributed by atoms with van der Waals surface area (Å²) in [6.45, 7) is 1.84. The molecule has 1 aliphatic rings. The van der Waals surface area contributed by atoms with E-state index < -0.39 is 17.9 Å². The molecule has 5 rings (SSSR count). The Hall–Kier alpha value is -4.17. The summed E-state index contributed by atoms with van der Waals surface area (Å²) in [6.07, 6.45) is 0.243. The van der Waals surface area contributed by atoms with E-state index in [9.17, 15) is 9.90 Å². The summed E-state index contributed by atoms with van der Waals surface area (Å²) in [7, 11) is 3.19. The summed E-state index contributed by atoms with van der Waals surface area (Å²) >= 11 is 6.17. The first-order chi connectivity index (χ1) is 17.9. The number of rotatable bonds is 7. The van der Waals surface area contributed by atoms with Crippen molar-refractivity contribution in [1.82, 2.24) is 14.8 Å². The summed E-state index contributed by atoms with van der Waals surface area (Å²) in [5, 5.41) is 19.7. The van der Waals surface area contributed by atoms with Gasteiger partial charge in [0.05, 0.1) is 31.5 Å². The van der Waals surface area contributed by atoms with Gasteiger partial charge in [-0.25, -0.2) is 0 Å². The molecular formula is C28H25ClN4O4. The van der Waals surface area contributed by atoms with Crippen molar-refractivity contribution in [2.75, 3.05) is 14.2 Å². The number of halogens is 1. The van der Waals surface area contributed by atoms with Gasteiger partial charge in [0.1, 0.15) is 23.4 Å². The van der Waals surface area contributed by atoms with E-state index in [1.165, 1.54) is 0 Å². The van der Waals surface area contributed by atoms with E-state index in [0.29, 0.717) is 33.9 Å². The van der Waals surface area contributed by atoms with Crippen LogP contribution in [0, 0.1) is 12.8 Å². The minimum atomic E-state index is -0.976. The van der Waals surface area contributed by atoms with Crippen molar-refractivity contribution in [2.45, 2.75) is 19.4 Å². The van der Waals surface area contributed by atoms with Gasteiger partial charge >= 0.3 is 5.97 Å². The lowest BCUT2D eigenvalue weighted by molar-refractivity contribution is -0.142. The number of carboxylic acid groups (broad SMARTS) is 1. The van der Waals surface area contributed by atoms with Crippen molar-refractivity contribution >= 4 is 23.3 Å². The zero-order valence-corrected chi connectivity index (χ0v) is 21.3. The topological polar surface area (TPSA) is 98.8 Å². The van der Waals surface area contributed by atoms with Gasteiger partial charge in [0.2, 0.25) is 0 Å². The number of hydrogen-bond acceptors (Lipinski definition) is 6. The van der Waals surface area contributed by atoms with Crippen LogP contribution in [0.4, 0.5) is 0 Å². The molecule has 0 fully saturated rings. The second kappa shape index (κ2) is 10.1. The fourth-order valence-electron chi connectivity index (χ4n) is 4.62. The number of carbonyl (C=O) groups is 1. The van der Waals surface area contributed by atoms with E-state index in [-0.39, 0.29) is 6.42 Å². The summed E-state index contributed by atoms with van der Waals surface area (Å²) in [4.78, 5) is 17.8. The third kappa shape index (κ3) is 4.68. The molecule has 4 aromatic rings. The number of fused-ring (bicyclic) bond motifs is 3. The summed E-state index contributed by atoms with van der Waals surface area (Å²) < 4.78 is 12.6. The Bertz CT molecular complexity index is 1480. The molecular weight excluding hydrogens is 492 g/mol. The zero-order valence-electron chi connectivity index (χ0n) is 20.6. The van der Waals surface area contributed by atoms with Crippen LogP contribution in [0.25, 0.3) is 5.69 Å². The van der Waals surface area contributed by atoms with E-state index in [4.69, 9.17) is 26.1 Å². The average Bonchev–Trinajstić information content (AvgIpc) is 3.22. The highest BCUT2D eigenvalue weighted by molar-refractivity contribution is 6.30. The largest absolute Gasteiger partial charge is 0.497 e. The van der Waals surface area contributed by atoms with E-state index >= 15 is 0 Å². The molecule has 37 heavy (non-hydrogen) atoms. The van der Waals surface area contributed by atoms with Crippen LogP contribution < -0.4 is 9.47 Å². The van der Waals surface area contributed by atoms with Crippen molar-refractivity contribution in [2.24, 2.45) is 10.9 Å². The highest BCUT2D eigenvalue weighted by atomic mass is 35.5. The lowest BCUT2D eigenvalue weighted by atomic mass is 9.91. The zero-order chi connectivity index (χ0) is 26.1. The third-order valence-electron chi connectivity index (χ3n) is 6.51. The number of hydrogen-bond donors (Lipinski definition) is 1. The van der Waals surface area contributed by atoms with Gasteiger partial charge in [0.25, 0.3) is 0 Å². The highest BCUT2D eigenvalue weighted by Crippen LogP contribution is 2.37. The fraction of sp³-hybridized carbons (Fsp3) is 0.214. The first-order valence-electron chi connectivity index (χ1n) is 11.7. The molecule has 9 heteroatoms. The number of carboxylic acids is 1. The number of methoxy groups -OCH3 is 2. The number of aryl methyl sites for hydroxylation is 1. The van der Waals surface area contributed by atoms with Gasteiger partial charge in [-0.15, -0.1) is 10.2 Å². The molecule has 2 heterocycles. The minimum absolute atomic E-state index is 0.243. The third-order valence-corrected chi connectivity index (χ3v) is 6.76. The van der Waals surface area contributed by atoms with Crippen LogP contribution in [0.5, 0.6) is 11.5 Å². The normalized spacial score (nSPS) is 15.1. The monoisotopic (exact) mass is 516 g/mol. The highest BCUT2D eigenvalue weighted by Gasteiger charge is 2.37. The van der Waals surface area contributed by atoms with Crippen molar-refractivity contribution < 1.29 is 19.4 Å². The van der Waals surface area contributed by atoms with Crippen LogP contribution in [0.1, 0.15) is 34.4 Å². The Labute approximate surface area is 219 Å². The van der Waals surface area contributed by atoms with Gasteiger partial charge in [-0.05, 0) is 61.4 Å². The van der Waals surface area contributed by atoms with Gasteiger partial charge in [-0.1, -0.05) is 35.9 Å². The van der Waals surface area contributed by atoms with Gasteiger partial charge in [-0.2, -0.15) is 0 Å². The summed E-state index contributed by atoms with van der Waals surface area (Å²) in [5.74, 6) is 0.568. The second-order valence-corrected chi connectivity index (χ2v) is 9.19. The van der Waals surface area contributed by atoms with Crippen LogP contribution >= 0.6 is 11.6 Å². The molecule has 0 amide bonds. The standard InChI is InChI=1S/C28H25ClN4O4/c1-16-31-32-27-26(23(28(34)35)14-17-4-10-20(36-2)11-5-17)30-25(18-6-8-19(29)9-7-18)22-15-21(37-3)12-13-24(22)33(16)27/h4-13,15,23,26H,14H2,1-3H3,(H,34,35)/t23?,26-/m0/s1. The van der Waals surface area contributed by atoms with Crippen molar-refractivity contribution in [3.63, 3.8) is 0 Å². The molecule has 2 atom stereocenters. The first kappa shape index (κ1) is 24.5. The Kier molecular flexibility index (Phi) is 6.67. The molecule has 1 aromatic heterocycles. The van der Waals surface area contributed by atoms with Crippen molar-refractivity contribution in [3.05, 3.63) is 100 Å². The molecule has 0 saturated carbocycles. The Balaban J connectivity index is 1.72. The van der Waals surface area contributed by atoms with Gasteiger partial charge < -0.3 is 14.6 Å². The molecule has 8 nitrogen and oxygen atoms in total. The summed E-state index contributed by atoms with van der Waals surface area (Å²) in [5.41, 5.74) is 3.85. The number of aliphatic imine (C=N–C) groups is 1. The molecule has 0 saturated heterocycles. The molecule has 0 aliphatic carbocycles. The van der Waals surface area contributed by atoms with E-state index in [1.807, 2.05) is 66.1 Å². The number of ether oxygens (including phenoxy) is 2. The molecule has 0 spiro atoms. The Morgan fingerprint density at radius 1 is 1.00 bits per heavy atom. The predicted molar refractivity (Wildman–Crippen MR) is 140 cm³/mol. The van der Waals surface area contributed by atoms with E-state index in [2.05, 4.69) is 10.2 Å². The quantitative estimate of drug-likeness (QED) is 0.367. The lowest BCUT2D eigenvalue weighted by Crippen LogP contribution is -2.26. The SMILES string of the molecule is COc1ccc(CC(C(=O)O)[C@@H]2N=C(c3ccc(Cl)cc3)c3cc(OC)ccc3-n3c(C)nnc32)cc1. The van der Waals surface area contributed by atoms with Crippen LogP contribution in [0.15, 0.2) is 71.7 Å². The van der Waals surface area contributed by atoms with Gasteiger partial charge in [-0.3, -0.25) is 14.4 Å². The predicted octanol–water partition coefficient (Wildman–Crippen LogP) is 5.08. The van der Waals surface area contributed by atoms with Gasteiger partial charge in [0.15, 0.2) is 5.82 Å². The molecule has 1 aliphatic heterocycles. The maximum absolute atomic E-state index is 12.7. The molecule has 0 radical (unpaired) electrons. The maximum Gasteiger partial charge on any atom is 0.309 e. The van der Waals surface area contributed by atoms with Crippen molar-refractivity contribution in [3.8, 4) is 17.2 Å². The van der Waals surface area contributed by atoms with Crippen molar-refractivity contribution in [1.29, 1.82) is 0 Å². The maximum atomic E-state index is 12.7. The van der Waals surface area contributed by atoms with Crippen LogP contribution in [0.3, 0.4) is 0 Å². The number of aromatic nitrogens is 3. The fourth-order valence-corrected chi connectivity index (χ4v) is 4.74. The number of benzene rings is 3. The molecule has 0 bridgehead atoms. The molecule has 1 unspecified atom stereocenters. The minimum Gasteiger partial charge on any atom is -0.497 e. The molecule has 1 N–H and O–H groups in total.